The van der Waals surface area contributed by atoms with Crippen molar-refractivity contribution in [1.82, 2.24) is 4.72 Å². The van der Waals surface area contributed by atoms with E-state index in [4.69, 9.17) is 4.74 Å². The first-order chi connectivity index (χ1) is 9.65. The van der Waals surface area contributed by atoms with Crippen LogP contribution in [0.15, 0.2) is 23.1 Å². The second kappa shape index (κ2) is 5.84. The van der Waals surface area contributed by atoms with E-state index in [0.29, 0.717) is 18.1 Å². The average molecular weight is 295 g/mol. The number of sulfonamides is 1. The summed E-state index contributed by atoms with van der Waals surface area (Å²) < 4.78 is 32.9. The highest BCUT2D eigenvalue weighted by molar-refractivity contribution is 7.89. The summed E-state index contributed by atoms with van der Waals surface area (Å²) >= 11 is 0. The van der Waals surface area contributed by atoms with Gasteiger partial charge in [0.05, 0.1) is 4.90 Å². The Morgan fingerprint density at radius 2 is 1.75 bits per heavy atom. The molecule has 1 fully saturated rings. The van der Waals surface area contributed by atoms with Gasteiger partial charge in [-0.15, -0.1) is 0 Å². The zero-order valence-corrected chi connectivity index (χ0v) is 12.4. The molecule has 1 saturated heterocycles. The number of fused-ring (bicyclic) bond motifs is 1. The Hall–Kier alpha value is -0.910. The second-order valence-corrected chi connectivity index (χ2v) is 7.36. The molecule has 1 aliphatic heterocycles. The number of ether oxygens (including phenoxy) is 1. The molecule has 0 amide bonds. The third kappa shape index (κ3) is 3.05. The Morgan fingerprint density at radius 1 is 1.05 bits per heavy atom. The molecule has 3 rings (SSSR count). The maximum atomic E-state index is 12.4. The lowest BCUT2D eigenvalue weighted by Crippen LogP contribution is -2.38. The summed E-state index contributed by atoms with van der Waals surface area (Å²) in [6.45, 7) is 1.27. The fourth-order valence-electron chi connectivity index (χ4n) is 2.98. The van der Waals surface area contributed by atoms with Crippen LogP contribution in [0.4, 0.5) is 0 Å². The minimum absolute atomic E-state index is 0.00443. The van der Waals surface area contributed by atoms with Crippen LogP contribution in [0.2, 0.25) is 0 Å². The molecular weight excluding hydrogens is 274 g/mol. The van der Waals surface area contributed by atoms with Gasteiger partial charge in [0, 0.05) is 19.3 Å². The average Bonchev–Trinajstić information content (AvgIpc) is 2.47. The lowest BCUT2D eigenvalue weighted by atomic mass is 9.92. The number of benzene rings is 1. The minimum atomic E-state index is -3.40. The van der Waals surface area contributed by atoms with Gasteiger partial charge in [-0.05, 0) is 61.8 Å². The Labute approximate surface area is 120 Å². The molecule has 4 nitrogen and oxygen atoms in total. The summed E-state index contributed by atoms with van der Waals surface area (Å²) in [4.78, 5) is 0.407. The summed E-state index contributed by atoms with van der Waals surface area (Å²) in [5.74, 6) is 0. The molecular formula is C15H21NO3S. The van der Waals surface area contributed by atoms with E-state index >= 15 is 0 Å². The van der Waals surface area contributed by atoms with Crippen LogP contribution in [0, 0.1) is 0 Å². The van der Waals surface area contributed by atoms with Gasteiger partial charge in [-0.2, -0.15) is 0 Å². The molecule has 110 valence electrons. The topological polar surface area (TPSA) is 55.4 Å². The van der Waals surface area contributed by atoms with E-state index in [0.717, 1.165) is 32.1 Å². The molecule has 0 saturated carbocycles. The van der Waals surface area contributed by atoms with Crippen molar-refractivity contribution in [3.05, 3.63) is 29.3 Å². The molecule has 0 spiro atoms. The van der Waals surface area contributed by atoms with E-state index in [1.807, 2.05) is 12.1 Å². The Kier molecular flexibility index (Phi) is 4.10. The van der Waals surface area contributed by atoms with Crippen LogP contribution in [0.5, 0.6) is 0 Å². The summed E-state index contributed by atoms with van der Waals surface area (Å²) in [5.41, 5.74) is 2.51. The van der Waals surface area contributed by atoms with E-state index in [1.54, 1.807) is 6.07 Å². The Morgan fingerprint density at radius 3 is 2.50 bits per heavy atom. The lowest BCUT2D eigenvalue weighted by Gasteiger charge is -2.23. The number of hydrogen-bond donors (Lipinski definition) is 1. The van der Waals surface area contributed by atoms with Crippen LogP contribution in [-0.4, -0.2) is 27.7 Å². The highest BCUT2D eigenvalue weighted by atomic mass is 32.2. The van der Waals surface area contributed by atoms with E-state index in [9.17, 15) is 8.42 Å². The van der Waals surface area contributed by atoms with Gasteiger partial charge in [0.15, 0.2) is 0 Å². The predicted octanol–water partition coefficient (Wildman–Crippen LogP) is 2.02. The normalized spacial score (nSPS) is 20.6. The fourth-order valence-corrected chi connectivity index (χ4v) is 4.34. The molecule has 0 aromatic heterocycles. The van der Waals surface area contributed by atoms with Crippen LogP contribution < -0.4 is 4.72 Å². The van der Waals surface area contributed by atoms with Gasteiger partial charge in [0.2, 0.25) is 10.0 Å². The highest BCUT2D eigenvalue weighted by Crippen LogP contribution is 2.24. The van der Waals surface area contributed by atoms with Crippen molar-refractivity contribution in [2.75, 3.05) is 13.2 Å². The second-order valence-electron chi connectivity index (χ2n) is 5.65. The third-order valence-corrected chi connectivity index (χ3v) is 5.69. The third-order valence-electron chi connectivity index (χ3n) is 4.17. The predicted molar refractivity (Wildman–Crippen MR) is 77.2 cm³/mol. The standard InChI is InChI=1S/C15H21NO3S/c17-20(18,16-14-7-9-19-10-8-14)15-6-5-12-3-1-2-4-13(12)11-15/h5-6,11,14,16H,1-4,7-10H2. The molecule has 2 aliphatic rings. The van der Waals surface area contributed by atoms with Crippen molar-refractivity contribution < 1.29 is 13.2 Å². The monoisotopic (exact) mass is 295 g/mol. The van der Waals surface area contributed by atoms with Gasteiger partial charge in [-0.25, -0.2) is 13.1 Å². The maximum Gasteiger partial charge on any atom is 0.240 e. The highest BCUT2D eigenvalue weighted by Gasteiger charge is 2.23. The quantitative estimate of drug-likeness (QED) is 0.928. The van der Waals surface area contributed by atoms with E-state index < -0.39 is 10.0 Å². The molecule has 1 aromatic carbocycles. The Bertz CT molecular complexity index is 577. The van der Waals surface area contributed by atoms with E-state index in [1.165, 1.54) is 17.5 Å². The van der Waals surface area contributed by atoms with Crippen molar-refractivity contribution in [1.29, 1.82) is 0 Å². The van der Waals surface area contributed by atoms with Gasteiger partial charge >= 0.3 is 0 Å². The van der Waals surface area contributed by atoms with Crippen LogP contribution in [-0.2, 0) is 27.6 Å². The summed E-state index contributed by atoms with van der Waals surface area (Å²) in [5, 5.41) is 0. The van der Waals surface area contributed by atoms with Crippen LogP contribution in [0.3, 0.4) is 0 Å². The van der Waals surface area contributed by atoms with Crippen LogP contribution >= 0.6 is 0 Å². The fraction of sp³-hybridized carbons (Fsp3) is 0.600. The van der Waals surface area contributed by atoms with Crippen LogP contribution in [0.25, 0.3) is 0 Å². The summed E-state index contributed by atoms with van der Waals surface area (Å²) in [6, 6.07) is 5.58. The van der Waals surface area contributed by atoms with E-state index in [-0.39, 0.29) is 6.04 Å². The first kappa shape index (κ1) is 14.0. The minimum Gasteiger partial charge on any atom is -0.381 e. The molecule has 0 radical (unpaired) electrons. The molecule has 1 heterocycles. The summed E-state index contributed by atoms with van der Waals surface area (Å²) in [7, 11) is -3.40. The first-order valence-corrected chi connectivity index (χ1v) is 8.85. The SMILES string of the molecule is O=S(=O)(NC1CCOCC1)c1ccc2c(c1)CCCC2. The maximum absolute atomic E-state index is 12.4. The van der Waals surface area contributed by atoms with Gasteiger partial charge in [0.25, 0.3) is 0 Å². The molecule has 5 heteroatoms. The van der Waals surface area contributed by atoms with Crippen molar-refractivity contribution in [2.24, 2.45) is 0 Å². The van der Waals surface area contributed by atoms with Gasteiger partial charge in [-0.3, -0.25) is 0 Å². The zero-order chi connectivity index (χ0) is 14.0. The van der Waals surface area contributed by atoms with Gasteiger partial charge in [-0.1, -0.05) is 6.07 Å². The van der Waals surface area contributed by atoms with Crippen molar-refractivity contribution >= 4 is 10.0 Å². The number of aryl methyl sites for hydroxylation is 2. The first-order valence-electron chi connectivity index (χ1n) is 7.37. The molecule has 20 heavy (non-hydrogen) atoms. The molecule has 1 N–H and O–H groups in total. The zero-order valence-electron chi connectivity index (χ0n) is 11.6. The van der Waals surface area contributed by atoms with Crippen molar-refractivity contribution in [2.45, 2.75) is 49.5 Å². The molecule has 0 unspecified atom stereocenters. The van der Waals surface area contributed by atoms with Gasteiger partial charge in [0.1, 0.15) is 0 Å². The number of nitrogens with one attached hydrogen (secondary N) is 1. The lowest BCUT2D eigenvalue weighted by molar-refractivity contribution is 0.0832. The molecule has 0 bridgehead atoms. The van der Waals surface area contributed by atoms with Gasteiger partial charge < -0.3 is 4.74 Å². The van der Waals surface area contributed by atoms with Crippen LogP contribution in [0.1, 0.15) is 36.8 Å². The smallest absolute Gasteiger partial charge is 0.240 e. The van der Waals surface area contributed by atoms with Crippen molar-refractivity contribution in [3.8, 4) is 0 Å². The number of hydrogen-bond acceptors (Lipinski definition) is 3. The Balaban J connectivity index is 1.79. The summed E-state index contributed by atoms with van der Waals surface area (Å²) in [6.07, 6.45) is 5.94. The number of rotatable bonds is 3. The van der Waals surface area contributed by atoms with E-state index in [2.05, 4.69) is 4.72 Å². The molecule has 1 aromatic rings. The largest absolute Gasteiger partial charge is 0.381 e. The van der Waals surface area contributed by atoms with Crippen molar-refractivity contribution in [3.63, 3.8) is 0 Å². The molecule has 0 atom stereocenters. The molecule has 1 aliphatic carbocycles.